The molecule has 6 heteroatoms. The van der Waals surface area contributed by atoms with Crippen molar-refractivity contribution in [1.29, 1.82) is 0 Å². The zero-order chi connectivity index (χ0) is 12.6. The van der Waals surface area contributed by atoms with Crippen LogP contribution >= 0.6 is 0 Å². The SMILES string of the molecule is O=c1ccoc(C2=CC(O)C(O)C(O)C2O)c1. The molecule has 1 aliphatic carbocycles. The van der Waals surface area contributed by atoms with Crippen LogP contribution in [0.25, 0.3) is 5.57 Å². The van der Waals surface area contributed by atoms with Crippen LogP contribution in [-0.2, 0) is 0 Å². The van der Waals surface area contributed by atoms with E-state index in [2.05, 4.69) is 0 Å². The molecule has 1 aliphatic rings. The predicted molar refractivity (Wildman–Crippen MR) is 57.0 cm³/mol. The summed E-state index contributed by atoms with van der Waals surface area (Å²) in [6, 6.07) is 2.33. The van der Waals surface area contributed by atoms with E-state index in [1.54, 1.807) is 0 Å². The number of aliphatic hydroxyl groups excluding tert-OH is 4. The number of hydrogen-bond acceptors (Lipinski definition) is 6. The molecule has 4 N–H and O–H groups in total. The van der Waals surface area contributed by atoms with Gasteiger partial charge in [0.05, 0.1) is 6.26 Å². The summed E-state index contributed by atoms with van der Waals surface area (Å²) in [5, 5.41) is 38.0. The zero-order valence-corrected chi connectivity index (χ0v) is 8.72. The summed E-state index contributed by atoms with van der Waals surface area (Å²) in [7, 11) is 0. The molecule has 0 amide bonds. The van der Waals surface area contributed by atoms with E-state index in [1.807, 2.05) is 0 Å². The fourth-order valence-electron chi connectivity index (χ4n) is 1.72. The fraction of sp³-hybridized carbons (Fsp3) is 0.364. The van der Waals surface area contributed by atoms with Gasteiger partial charge in [-0.15, -0.1) is 0 Å². The van der Waals surface area contributed by atoms with Crippen LogP contribution in [-0.4, -0.2) is 44.8 Å². The van der Waals surface area contributed by atoms with Crippen LogP contribution in [0.5, 0.6) is 0 Å². The molecule has 4 atom stereocenters. The Morgan fingerprint density at radius 2 is 1.82 bits per heavy atom. The Labute approximate surface area is 96.1 Å². The Balaban J connectivity index is 2.44. The fourth-order valence-corrected chi connectivity index (χ4v) is 1.72. The normalized spacial score (nSPS) is 33.3. The highest BCUT2D eigenvalue weighted by molar-refractivity contribution is 5.67. The maximum absolute atomic E-state index is 11.1. The molecule has 1 heterocycles. The minimum Gasteiger partial charge on any atom is -0.464 e. The highest BCUT2D eigenvalue weighted by Gasteiger charge is 2.37. The summed E-state index contributed by atoms with van der Waals surface area (Å²) < 4.78 is 5.02. The standard InChI is InChI=1S/C11H12O6/c12-5-1-2-17-8(3-5)6-4-7(13)10(15)11(16)9(6)14/h1-4,7,9-11,13-16H. The van der Waals surface area contributed by atoms with Crippen LogP contribution in [0.15, 0.2) is 33.7 Å². The predicted octanol–water partition coefficient (Wildman–Crippen LogP) is -1.52. The first-order valence-electron chi connectivity index (χ1n) is 5.04. The van der Waals surface area contributed by atoms with Crippen molar-refractivity contribution >= 4 is 5.57 Å². The maximum Gasteiger partial charge on any atom is 0.185 e. The number of rotatable bonds is 1. The molecule has 0 radical (unpaired) electrons. The number of hydrogen-bond donors (Lipinski definition) is 4. The molecule has 0 saturated carbocycles. The third kappa shape index (κ3) is 2.16. The third-order valence-corrected chi connectivity index (χ3v) is 2.68. The van der Waals surface area contributed by atoms with Crippen molar-refractivity contribution in [1.82, 2.24) is 0 Å². The molecule has 4 unspecified atom stereocenters. The second-order valence-corrected chi connectivity index (χ2v) is 3.87. The summed E-state index contributed by atoms with van der Waals surface area (Å²) in [5.74, 6) is 0.0509. The van der Waals surface area contributed by atoms with E-state index >= 15 is 0 Å². The van der Waals surface area contributed by atoms with Gasteiger partial charge in [-0.25, -0.2) is 0 Å². The van der Waals surface area contributed by atoms with Crippen molar-refractivity contribution in [3.05, 3.63) is 40.5 Å². The van der Waals surface area contributed by atoms with Crippen molar-refractivity contribution < 1.29 is 24.8 Å². The second-order valence-electron chi connectivity index (χ2n) is 3.87. The minimum absolute atomic E-state index is 0.0509. The molecule has 6 nitrogen and oxygen atoms in total. The van der Waals surface area contributed by atoms with Crippen LogP contribution in [0.3, 0.4) is 0 Å². The zero-order valence-electron chi connectivity index (χ0n) is 8.72. The molecule has 0 spiro atoms. The van der Waals surface area contributed by atoms with Gasteiger partial charge in [0.15, 0.2) is 5.43 Å². The molecule has 1 aromatic heterocycles. The molecular formula is C11H12O6. The average Bonchev–Trinajstić information content (AvgIpc) is 2.31. The highest BCUT2D eigenvalue weighted by atomic mass is 16.4. The molecular weight excluding hydrogens is 228 g/mol. The van der Waals surface area contributed by atoms with E-state index < -0.39 is 24.4 Å². The Bertz CT molecular complexity index is 491. The van der Waals surface area contributed by atoms with Gasteiger partial charge in [0.2, 0.25) is 0 Å². The van der Waals surface area contributed by atoms with Crippen LogP contribution in [0.1, 0.15) is 5.76 Å². The van der Waals surface area contributed by atoms with Crippen molar-refractivity contribution in [2.24, 2.45) is 0 Å². The van der Waals surface area contributed by atoms with Crippen LogP contribution in [0.2, 0.25) is 0 Å². The first-order valence-corrected chi connectivity index (χ1v) is 5.04. The van der Waals surface area contributed by atoms with E-state index in [0.29, 0.717) is 0 Å². The van der Waals surface area contributed by atoms with Gasteiger partial charge in [0.25, 0.3) is 0 Å². The highest BCUT2D eigenvalue weighted by Crippen LogP contribution is 2.27. The van der Waals surface area contributed by atoms with Gasteiger partial charge in [-0.3, -0.25) is 4.79 Å². The summed E-state index contributed by atoms with van der Waals surface area (Å²) in [5.41, 5.74) is -0.248. The smallest absolute Gasteiger partial charge is 0.185 e. The third-order valence-electron chi connectivity index (χ3n) is 2.68. The lowest BCUT2D eigenvalue weighted by atomic mass is 9.88. The molecule has 2 rings (SSSR count). The van der Waals surface area contributed by atoms with Gasteiger partial charge in [-0.1, -0.05) is 0 Å². The van der Waals surface area contributed by atoms with Crippen LogP contribution < -0.4 is 5.43 Å². The van der Waals surface area contributed by atoms with Gasteiger partial charge in [0, 0.05) is 17.7 Å². The molecule has 0 saturated heterocycles. The van der Waals surface area contributed by atoms with Crippen molar-refractivity contribution in [3.63, 3.8) is 0 Å². The van der Waals surface area contributed by atoms with Gasteiger partial charge in [-0.05, 0) is 6.08 Å². The van der Waals surface area contributed by atoms with Crippen molar-refractivity contribution in [2.45, 2.75) is 24.4 Å². The van der Waals surface area contributed by atoms with E-state index in [1.165, 1.54) is 6.07 Å². The van der Waals surface area contributed by atoms with Gasteiger partial charge >= 0.3 is 0 Å². The van der Waals surface area contributed by atoms with Gasteiger partial charge in [-0.2, -0.15) is 0 Å². The van der Waals surface area contributed by atoms with Gasteiger partial charge < -0.3 is 24.8 Å². The van der Waals surface area contributed by atoms with Crippen LogP contribution in [0.4, 0.5) is 0 Å². The Morgan fingerprint density at radius 1 is 1.12 bits per heavy atom. The quantitative estimate of drug-likeness (QED) is 0.474. The monoisotopic (exact) mass is 240 g/mol. The molecule has 17 heavy (non-hydrogen) atoms. The van der Waals surface area contributed by atoms with Crippen LogP contribution in [0, 0.1) is 0 Å². The van der Waals surface area contributed by atoms with E-state index in [4.69, 9.17) is 4.42 Å². The Kier molecular flexibility index (Phi) is 3.12. The molecule has 0 aliphatic heterocycles. The van der Waals surface area contributed by atoms with E-state index in [9.17, 15) is 25.2 Å². The lowest BCUT2D eigenvalue weighted by Gasteiger charge is -2.31. The van der Waals surface area contributed by atoms with Crippen molar-refractivity contribution in [2.75, 3.05) is 0 Å². The molecule has 0 fully saturated rings. The van der Waals surface area contributed by atoms with E-state index in [0.717, 1.165) is 18.4 Å². The molecule has 0 bridgehead atoms. The Hall–Kier alpha value is -1.47. The lowest BCUT2D eigenvalue weighted by Crippen LogP contribution is -2.47. The molecule has 0 aromatic carbocycles. The largest absolute Gasteiger partial charge is 0.464 e. The summed E-state index contributed by atoms with van der Waals surface area (Å²) >= 11 is 0. The topological polar surface area (TPSA) is 111 Å². The summed E-state index contributed by atoms with van der Waals surface area (Å²) in [6.45, 7) is 0. The second kappa shape index (κ2) is 4.42. The van der Waals surface area contributed by atoms with Gasteiger partial charge in [0.1, 0.15) is 30.2 Å². The van der Waals surface area contributed by atoms with E-state index in [-0.39, 0.29) is 16.8 Å². The average molecular weight is 240 g/mol. The minimum atomic E-state index is -1.53. The molecule has 1 aromatic rings. The number of aliphatic hydroxyl groups is 4. The first kappa shape index (κ1) is 12.0. The summed E-state index contributed by atoms with van der Waals surface area (Å²) in [4.78, 5) is 11.1. The first-order chi connectivity index (χ1) is 8.00. The lowest BCUT2D eigenvalue weighted by molar-refractivity contribution is -0.0850. The maximum atomic E-state index is 11.1. The summed E-state index contributed by atoms with van der Waals surface area (Å²) in [6.07, 6.45) is -3.44. The Morgan fingerprint density at radius 3 is 2.47 bits per heavy atom. The van der Waals surface area contributed by atoms with Crippen molar-refractivity contribution in [3.8, 4) is 0 Å². The molecule has 92 valence electrons.